The quantitative estimate of drug-likeness (QED) is 0.725. The van der Waals surface area contributed by atoms with E-state index in [1.807, 2.05) is 20.8 Å². The molecule has 0 aliphatic rings. The zero-order valence-electron chi connectivity index (χ0n) is 14.2. The highest BCUT2D eigenvalue weighted by Crippen LogP contribution is 2.21. The van der Waals surface area contributed by atoms with E-state index in [0.717, 1.165) is 0 Å². The molecule has 25 heavy (non-hydrogen) atoms. The van der Waals surface area contributed by atoms with E-state index in [2.05, 4.69) is 20.6 Å². The summed E-state index contributed by atoms with van der Waals surface area (Å²) in [6.07, 6.45) is 0. The third kappa shape index (κ3) is 4.33. The number of hydrogen-bond acceptors (Lipinski definition) is 5. The van der Waals surface area contributed by atoms with Crippen LogP contribution in [0.4, 0.5) is 4.39 Å². The van der Waals surface area contributed by atoms with E-state index < -0.39 is 0 Å². The number of halogens is 1. The molecule has 3 rings (SSSR count). The Morgan fingerprint density at radius 3 is 2.56 bits per heavy atom. The van der Waals surface area contributed by atoms with Crippen LogP contribution >= 0.6 is 11.8 Å². The molecule has 0 aliphatic carbocycles. The number of carbonyl (C=O) groups excluding carboxylic acids is 1. The minimum Gasteiger partial charge on any atom is -0.351 e. The predicted octanol–water partition coefficient (Wildman–Crippen LogP) is 2.94. The summed E-state index contributed by atoms with van der Waals surface area (Å²) in [5.74, 6) is 0.425. The van der Waals surface area contributed by atoms with Gasteiger partial charge in [0.05, 0.1) is 5.75 Å². The first kappa shape index (κ1) is 17.3. The second kappa shape index (κ2) is 6.79. The van der Waals surface area contributed by atoms with Crippen molar-refractivity contribution in [1.82, 2.24) is 25.1 Å². The van der Waals surface area contributed by atoms with E-state index in [-0.39, 0.29) is 23.0 Å². The number of thioether (sulfide) groups is 1. The fourth-order valence-electron chi connectivity index (χ4n) is 2.22. The van der Waals surface area contributed by atoms with Crippen LogP contribution in [0, 0.1) is 5.82 Å². The highest BCUT2D eigenvalue weighted by Gasteiger charge is 2.15. The Hall–Kier alpha value is -2.48. The van der Waals surface area contributed by atoms with Gasteiger partial charge in [0, 0.05) is 11.1 Å². The van der Waals surface area contributed by atoms with Gasteiger partial charge in [0.1, 0.15) is 10.8 Å². The summed E-state index contributed by atoms with van der Waals surface area (Å²) in [5, 5.41) is 16.3. The first-order valence-corrected chi connectivity index (χ1v) is 8.73. The van der Waals surface area contributed by atoms with Crippen LogP contribution in [0.25, 0.3) is 17.0 Å². The molecule has 0 aliphatic heterocycles. The summed E-state index contributed by atoms with van der Waals surface area (Å²) in [6, 6.07) is 9.58. The summed E-state index contributed by atoms with van der Waals surface area (Å²) in [6.45, 7) is 5.81. The van der Waals surface area contributed by atoms with Crippen molar-refractivity contribution in [1.29, 1.82) is 0 Å². The van der Waals surface area contributed by atoms with Gasteiger partial charge in [-0.05, 0) is 57.2 Å². The average Bonchev–Trinajstić information content (AvgIpc) is 2.95. The summed E-state index contributed by atoms with van der Waals surface area (Å²) in [5.41, 5.74) is 1.04. The summed E-state index contributed by atoms with van der Waals surface area (Å²) in [7, 11) is 0. The summed E-state index contributed by atoms with van der Waals surface area (Å²) in [4.78, 5) is 11.9. The van der Waals surface area contributed by atoms with Crippen LogP contribution in [-0.4, -0.2) is 37.0 Å². The van der Waals surface area contributed by atoms with E-state index in [4.69, 9.17) is 0 Å². The van der Waals surface area contributed by atoms with Gasteiger partial charge < -0.3 is 5.32 Å². The van der Waals surface area contributed by atoms with Gasteiger partial charge >= 0.3 is 0 Å². The van der Waals surface area contributed by atoms with Crippen LogP contribution in [-0.2, 0) is 4.79 Å². The lowest BCUT2D eigenvalue weighted by atomic mass is 10.1. The largest absolute Gasteiger partial charge is 0.351 e. The maximum absolute atomic E-state index is 13.1. The van der Waals surface area contributed by atoms with Crippen molar-refractivity contribution in [3.05, 3.63) is 42.2 Å². The molecule has 6 nitrogen and oxygen atoms in total. The number of aromatic nitrogens is 4. The van der Waals surface area contributed by atoms with Crippen LogP contribution in [0.2, 0.25) is 0 Å². The standard InChI is InChI=1S/C17H18FN5OS/c1-17(2,3)19-14(24)10-25-15-9-8-13-20-21-16(23(13)22-15)11-4-6-12(18)7-5-11/h4-9H,10H2,1-3H3,(H,19,24). The number of fused-ring (bicyclic) bond motifs is 1. The molecule has 3 aromatic rings. The van der Waals surface area contributed by atoms with Crippen molar-refractivity contribution in [2.24, 2.45) is 0 Å². The molecule has 0 bridgehead atoms. The topological polar surface area (TPSA) is 72.2 Å². The van der Waals surface area contributed by atoms with Gasteiger partial charge in [-0.3, -0.25) is 4.79 Å². The zero-order chi connectivity index (χ0) is 18.0. The van der Waals surface area contributed by atoms with Gasteiger partial charge in [-0.25, -0.2) is 4.39 Å². The van der Waals surface area contributed by atoms with Crippen molar-refractivity contribution in [2.75, 3.05) is 5.75 Å². The molecular weight excluding hydrogens is 341 g/mol. The number of benzene rings is 1. The maximum Gasteiger partial charge on any atom is 0.230 e. The number of hydrogen-bond donors (Lipinski definition) is 1. The lowest BCUT2D eigenvalue weighted by molar-refractivity contribution is -0.119. The zero-order valence-corrected chi connectivity index (χ0v) is 15.0. The van der Waals surface area contributed by atoms with Gasteiger partial charge in [0.2, 0.25) is 5.91 Å². The molecular formula is C17H18FN5OS. The molecule has 0 saturated heterocycles. The summed E-state index contributed by atoms with van der Waals surface area (Å²) >= 11 is 1.33. The van der Waals surface area contributed by atoms with Gasteiger partial charge in [-0.15, -0.1) is 10.2 Å². The van der Waals surface area contributed by atoms with Crippen molar-refractivity contribution < 1.29 is 9.18 Å². The highest BCUT2D eigenvalue weighted by atomic mass is 32.2. The fourth-order valence-corrected chi connectivity index (χ4v) is 2.88. The Bertz CT molecular complexity index is 902. The molecule has 1 aromatic carbocycles. The molecule has 0 fully saturated rings. The minimum absolute atomic E-state index is 0.0538. The van der Waals surface area contributed by atoms with E-state index >= 15 is 0 Å². The van der Waals surface area contributed by atoms with Crippen molar-refractivity contribution in [3.8, 4) is 11.4 Å². The van der Waals surface area contributed by atoms with E-state index in [9.17, 15) is 9.18 Å². The van der Waals surface area contributed by atoms with E-state index in [1.165, 1.54) is 23.9 Å². The van der Waals surface area contributed by atoms with E-state index in [1.54, 1.807) is 28.8 Å². The third-order valence-corrected chi connectivity index (χ3v) is 4.13. The fraction of sp³-hybridized carbons (Fsp3) is 0.294. The van der Waals surface area contributed by atoms with Gasteiger partial charge in [-0.1, -0.05) is 11.8 Å². The highest BCUT2D eigenvalue weighted by molar-refractivity contribution is 7.99. The van der Waals surface area contributed by atoms with Gasteiger partial charge in [-0.2, -0.15) is 9.61 Å². The van der Waals surface area contributed by atoms with Crippen LogP contribution in [0.1, 0.15) is 20.8 Å². The van der Waals surface area contributed by atoms with Crippen molar-refractivity contribution in [3.63, 3.8) is 0 Å². The Balaban J connectivity index is 1.81. The van der Waals surface area contributed by atoms with Crippen LogP contribution < -0.4 is 5.32 Å². The number of nitrogens with one attached hydrogen (secondary N) is 1. The predicted molar refractivity (Wildman–Crippen MR) is 94.8 cm³/mol. The maximum atomic E-state index is 13.1. The molecule has 0 spiro atoms. The van der Waals surface area contributed by atoms with E-state index in [0.29, 0.717) is 22.1 Å². The number of amides is 1. The average molecular weight is 359 g/mol. The molecule has 0 atom stereocenters. The second-order valence-electron chi connectivity index (χ2n) is 6.56. The molecule has 1 amide bonds. The molecule has 2 aromatic heterocycles. The number of nitrogens with zero attached hydrogens (tertiary/aromatic N) is 4. The smallest absolute Gasteiger partial charge is 0.230 e. The van der Waals surface area contributed by atoms with Gasteiger partial charge in [0.15, 0.2) is 11.5 Å². The minimum atomic E-state index is -0.313. The molecule has 0 radical (unpaired) electrons. The van der Waals surface area contributed by atoms with Crippen LogP contribution in [0.3, 0.4) is 0 Å². The second-order valence-corrected chi connectivity index (χ2v) is 7.55. The molecule has 0 unspecified atom stereocenters. The van der Waals surface area contributed by atoms with Gasteiger partial charge in [0.25, 0.3) is 0 Å². The van der Waals surface area contributed by atoms with Crippen molar-refractivity contribution >= 4 is 23.3 Å². The SMILES string of the molecule is CC(C)(C)NC(=O)CSc1ccc2nnc(-c3ccc(F)cc3)n2n1. The Morgan fingerprint density at radius 2 is 1.88 bits per heavy atom. The molecule has 1 N–H and O–H groups in total. The Morgan fingerprint density at radius 1 is 1.16 bits per heavy atom. The Labute approximate surface area is 148 Å². The monoisotopic (exact) mass is 359 g/mol. The van der Waals surface area contributed by atoms with Crippen molar-refractivity contribution in [2.45, 2.75) is 31.3 Å². The molecule has 8 heteroatoms. The number of rotatable bonds is 4. The number of carbonyl (C=O) groups is 1. The first-order chi connectivity index (χ1) is 11.8. The third-order valence-electron chi connectivity index (χ3n) is 3.21. The molecule has 130 valence electrons. The molecule has 2 heterocycles. The molecule has 0 saturated carbocycles. The Kier molecular flexibility index (Phi) is 4.71. The lowest BCUT2D eigenvalue weighted by Gasteiger charge is -2.20. The normalized spacial score (nSPS) is 11.7. The van der Waals surface area contributed by atoms with Crippen LogP contribution in [0.5, 0.6) is 0 Å². The first-order valence-electron chi connectivity index (χ1n) is 7.74. The van der Waals surface area contributed by atoms with Crippen LogP contribution in [0.15, 0.2) is 41.4 Å². The summed E-state index contributed by atoms with van der Waals surface area (Å²) < 4.78 is 14.7. The lowest BCUT2D eigenvalue weighted by Crippen LogP contribution is -2.41.